The highest BCUT2D eigenvalue weighted by Gasteiger charge is 2.35. The second kappa shape index (κ2) is 11.1. The van der Waals surface area contributed by atoms with Crippen LogP contribution < -0.4 is 10.6 Å². The molecule has 2 aromatic rings. The molecule has 0 saturated carbocycles. The molecule has 0 spiro atoms. The third-order valence-corrected chi connectivity index (χ3v) is 6.36. The van der Waals surface area contributed by atoms with Crippen molar-refractivity contribution in [3.8, 4) is 0 Å². The molecule has 12 heteroatoms. The van der Waals surface area contributed by atoms with E-state index < -0.39 is 11.9 Å². The third-order valence-electron chi connectivity index (χ3n) is 5.93. The van der Waals surface area contributed by atoms with Gasteiger partial charge >= 0.3 is 0 Å². The zero-order chi connectivity index (χ0) is 24.9. The summed E-state index contributed by atoms with van der Waals surface area (Å²) in [5.41, 5.74) is 0.406. The van der Waals surface area contributed by atoms with Gasteiger partial charge in [0, 0.05) is 55.0 Å². The molecule has 4 rings (SSSR count). The number of amides is 4. The molecule has 0 bridgehead atoms. The highest BCUT2D eigenvalue weighted by molar-refractivity contribution is 6.35. The van der Waals surface area contributed by atoms with Crippen molar-refractivity contribution in [1.82, 2.24) is 20.0 Å². The summed E-state index contributed by atoms with van der Waals surface area (Å²) in [5, 5.41) is 6.13. The summed E-state index contributed by atoms with van der Waals surface area (Å²) in [7, 11) is 0. The lowest BCUT2D eigenvalue weighted by Gasteiger charge is -2.38. The summed E-state index contributed by atoms with van der Waals surface area (Å²) in [6.45, 7) is 2.67. The predicted octanol–water partition coefficient (Wildman–Crippen LogP) is 1.70. The Hall–Kier alpha value is -3.08. The van der Waals surface area contributed by atoms with Crippen LogP contribution in [-0.4, -0.2) is 90.2 Å². The Bertz CT molecular complexity index is 1080. The van der Waals surface area contributed by atoms with E-state index in [0.717, 1.165) is 0 Å². The maximum atomic E-state index is 13.1. The number of carbonyl (C=O) groups is 4. The van der Waals surface area contributed by atoms with Gasteiger partial charge in [0.1, 0.15) is 6.04 Å². The Labute approximate surface area is 212 Å². The number of piperazine rings is 2. The van der Waals surface area contributed by atoms with Crippen LogP contribution in [0, 0.1) is 0 Å². The molecule has 1 unspecified atom stereocenters. The molecule has 3 heterocycles. The standard InChI is InChI=1S/C23H25Cl2N5O5/c24-15-10-16(25)12-17(11-15)27-20(31)13-18-22(33)26-3-4-30(18)21(32)14-28-5-7-29(8-6-28)23(34)19-2-1-9-35-19/h1-2,9-12,18H,3-8,13-14H2,(H,26,33)(H,27,31). The minimum atomic E-state index is -0.923. The van der Waals surface area contributed by atoms with E-state index in [4.69, 9.17) is 27.6 Å². The topological polar surface area (TPSA) is 115 Å². The van der Waals surface area contributed by atoms with E-state index in [9.17, 15) is 19.2 Å². The van der Waals surface area contributed by atoms with Crippen LogP contribution in [0.3, 0.4) is 0 Å². The minimum Gasteiger partial charge on any atom is -0.459 e. The molecule has 2 N–H and O–H groups in total. The fourth-order valence-electron chi connectivity index (χ4n) is 4.18. The van der Waals surface area contributed by atoms with Crippen LogP contribution in [-0.2, 0) is 14.4 Å². The molecule has 1 atom stereocenters. The number of halogens is 2. The van der Waals surface area contributed by atoms with Crippen molar-refractivity contribution >= 4 is 52.5 Å². The second-order valence-electron chi connectivity index (χ2n) is 8.35. The number of anilines is 1. The van der Waals surface area contributed by atoms with Gasteiger partial charge in [-0.2, -0.15) is 0 Å². The van der Waals surface area contributed by atoms with Crippen molar-refractivity contribution in [2.24, 2.45) is 0 Å². The Kier molecular flexibility index (Phi) is 7.94. The molecule has 0 aliphatic carbocycles. The van der Waals surface area contributed by atoms with Crippen LogP contribution >= 0.6 is 23.2 Å². The summed E-state index contributed by atoms with van der Waals surface area (Å²) in [6.07, 6.45) is 1.25. The van der Waals surface area contributed by atoms with Gasteiger partial charge in [0.15, 0.2) is 5.76 Å². The summed E-state index contributed by atoms with van der Waals surface area (Å²) in [6, 6.07) is 7.00. The van der Waals surface area contributed by atoms with Gasteiger partial charge in [0.05, 0.1) is 19.2 Å². The number of benzene rings is 1. The number of furan rings is 1. The lowest BCUT2D eigenvalue weighted by atomic mass is 10.1. The van der Waals surface area contributed by atoms with Gasteiger partial charge in [-0.25, -0.2) is 0 Å². The van der Waals surface area contributed by atoms with Gasteiger partial charge in [-0.1, -0.05) is 23.2 Å². The fraction of sp³-hybridized carbons (Fsp3) is 0.391. The first-order valence-corrected chi connectivity index (χ1v) is 11.9. The van der Waals surface area contributed by atoms with Crippen molar-refractivity contribution in [3.63, 3.8) is 0 Å². The van der Waals surface area contributed by atoms with Gasteiger partial charge in [-0.3, -0.25) is 24.1 Å². The van der Waals surface area contributed by atoms with Gasteiger partial charge in [-0.05, 0) is 30.3 Å². The number of nitrogens with zero attached hydrogens (tertiary/aromatic N) is 3. The van der Waals surface area contributed by atoms with Crippen molar-refractivity contribution < 1.29 is 23.6 Å². The van der Waals surface area contributed by atoms with Crippen LogP contribution in [0.5, 0.6) is 0 Å². The number of hydrogen-bond donors (Lipinski definition) is 2. The van der Waals surface area contributed by atoms with E-state index >= 15 is 0 Å². The largest absolute Gasteiger partial charge is 0.459 e. The number of rotatable bonds is 6. The van der Waals surface area contributed by atoms with E-state index in [1.165, 1.54) is 11.2 Å². The number of carbonyl (C=O) groups excluding carboxylic acids is 4. The van der Waals surface area contributed by atoms with E-state index in [0.29, 0.717) is 55.0 Å². The Morgan fingerprint density at radius 1 is 1.06 bits per heavy atom. The maximum Gasteiger partial charge on any atom is 0.289 e. The first kappa shape index (κ1) is 25.0. The lowest BCUT2D eigenvalue weighted by Crippen LogP contribution is -2.60. The summed E-state index contributed by atoms with van der Waals surface area (Å²) >= 11 is 11.9. The van der Waals surface area contributed by atoms with Crippen molar-refractivity contribution in [3.05, 3.63) is 52.4 Å². The lowest BCUT2D eigenvalue weighted by molar-refractivity contribution is -0.145. The first-order chi connectivity index (χ1) is 16.8. The molecular weight excluding hydrogens is 497 g/mol. The molecule has 35 heavy (non-hydrogen) atoms. The van der Waals surface area contributed by atoms with E-state index in [-0.39, 0.29) is 36.4 Å². The number of hydrogen-bond acceptors (Lipinski definition) is 6. The van der Waals surface area contributed by atoms with Gasteiger partial charge < -0.3 is 24.9 Å². The average Bonchev–Trinajstić information content (AvgIpc) is 3.34. The molecule has 186 valence electrons. The van der Waals surface area contributed by atoms with Gasteiger partial charge in [0.25, 0.3) is 5.91 Å². The van der Waals surface area contributed by atoms with Crippen molar-refractivity contribution in [2.75, 3.05) is 51.1 Å². The van der Waals surface area contributed by atoms with Crippen LogP contribution in [0.4, 0.5) is 5.69 Å². The summed E-state index contributed by atoms with van der Waals surface area (Å²) in [4.78, 5) is 55.8. The van der Waals surface area contributed by atoms with Crippen LogP contribution in [0.2, 0.25) is 10.0 Å². The quantitative estimate of drug-likeness (QED) is 0.597. The van der Waals surface area contributed by atoms with Crippen LogP contribution in [0.25, 0.3) is 0 Å². The molecule has 0 radical (unpaired) electrons. The van der Waals surface area contributed by atoms with E-state index in [1.54, 1.807) is 35.2 Å². The Morgan fingerprint density at radius 3 is 2.43 bits per heavy atom. The molecule has 10 nitrogen and oxygen atoms in total. The SMILES string of the molecule is O=C(CC1C(=O)NCCN1C(=O)CN1CCN(C(=O)c2ccco2)CC1)Nc1cc(Cl)cc(Cl)c1. The molecule has 4 amide bonds. The molecular formula is C23H25Cl2N5O5. The highest BCUT2D eigenvalue weighted by Crippen LogP contribution is 2.23. The summed E-state index contributed by atoms with van der Waals surface area (Å²) in [5.74, 6) is -0.948. The minimum absolute atomic E-state index is 0.0953. The zero-order valence-corrected chi connectivity index (χ0v) is 20.3. The monoisotopic (exact) mass is 521 g/mol. The third kappa shape index (κ3) is 6.33. The molecule has 1 aromatic heterocycles. The average molecular weight is 522 g/mol. The second-order valence-corrected chi connectivity index (χ2v) is 9.22. The normalized spacial score (nSPS) is 18.8. The molecule has 2 saturated heterocycles. The molecule has 2 aliphatic heterocycles. The fourth-order valence-corrected chi connectivity index (χ4v) is 4.70. The maximum absolute atomic E-state index is 13.1. The predicted molar refractivity (Wildman–Crippen MR) is 129 cm³/mol. The molecule has 1 aromatic carbocycles. The Morgan fingerprint density at radius 2 is 1.77 bits per heavy atom. The van der Waals surface area contributed by atoms with Crippen LogP contribution in [0.15, 0.2) is 41.0 Å². The molecule has 2 aliphatic rings. The Balaban J connectivity index is 1.32. The zero-order valence-electron chi connectivity index (χ0n) is 18.8. The first-order valence-electron chi connectivity index (χ1n) is 11.2. The number of nitrogens with one attached hydrogen (secondary N) is 2. The van der Waals surface area contributed by atoms with Crippen LogP contribution in [0.1, 0.15) is 17.0 Å². The van der Waals surface area contributed by atoms with E-state index in [1.807, 2.05) is 4.90 Å². The van der Waals surface area contributed by atoms with Crippen molar-refractivity contribution in [1.29, 1.82) is 0 Å². The molecule has 2 fully saturated rings. The smallest absolute Gasteiger partial charge is 0.289 e. The van der Waals surface area contributed by atoms with Gasteiger partial charge in [0.2, 0.25) is 17.7 Å². The highest BCUT2D eigenvalue weighted by atomic mass is 35.5. The van der Waals surface area contributed by atoms with E-state index in [2.05, 4.69) is 10.6 Å². The summed E-state index contributed by atoms with van der Waals surface area (Å²) < 4.78 is 5.17. The van der Waals surface area contributed by atoms with Crippen molar-refractivity contribution in [2.45, 2.75) is 12.5 Å². The van der Waals surface area contributed by atoms with Gasteiger partial charge in [-0.15, -0.1) is 0 Å².